The van der Waals surface area contributed by atoms with Crippen molar-refractivity contribution in [3.63, 3.8) is 0 Å². The Morgan fingerprint density at radius 3 is 2.43 bits per heavy atom. The summed E-state index contributed by atoms with van der Waals surface area (Å²) in [7, 11) is -0.757. The zero-order valence-electron chi connectivity index (χ0n) is 13.3. The van der Waals surface area contributed by atoms with E-state index in [1.807, 2.05) is 0 Å². The van der Waals surface area contributed by atoms with E-state index in [1.54, 1.807) is 12.1 Å². The third kappa shape index (κ3) is 3.99. The summed E-state index contributed by atoms with van der Waals surface area (Å²) < 4.78 is 10.8. The fourth-order valence-corrected chi connectivity index (χ4v) is 2.43. The molecule has 0 saturated heterocycles. The minimum atomic E-state index is -2.06. The van der Waals surface area contributed by atoms with E-state index < -0.39 is 14.3 Å². The molecule has 0 N–H and O–H groups in total. The predicted octanol–water partition coefficient (Wildman–Crippen LogP) is 4.80. The Labute approximate surface area is 125 Å². The van der Waals surface area contributed by atoms with E-state index in [2.05, 4.69) is 48.6 Å². The molecule has 1 aromatic carbocycles. The minimum absolute atomic E-state index is 0.0155. The maximum absolute atomic E-state index is 11.5. The van der Waals surface area contributed by atoms with Gasteiger partial charge in [0.15, 0.2) is 0 Å². The molecule has 0 atom stereocenters. The Bertz CT molecular complexity index is 588. The number of benzene rings is 1. The average molecular weight is 307 g/mol. The first-order valence-electron chi connectivity index (χ1n) is 6.59. The van der Waals surface area contributed by atoms with Crippen molar-refractivity contribution in [1.29, 1.82) is 0 Å². The van der Waals surface area contributed by atoms with Gasteiger partial charge < -0.3 is 9.16 Å². The fourth-order valence-electron chi connectivity index (χ4n) is 1.40. The molecule has 0 spiro atoms. The maximum atomic E-state index is 11.5. The monoisotopic (exact) mass is 307 g/mol. The number of carbonyl (C=O) groups excluding carboxylic acids is 1. The van der Waals surface area contributed by atoms with Gasteiger partial charge in [-0.05, 0) is 41.9 Å². The predicted molar refractivity (Wildman–Crippen MR) is 84.4 cm³/mol. The number of hydrogen-bond acceptors (Lipinski definition) is 4. The molecule has 0 amide bonds. The van der Waals surface area contributed by atoms with Crippen molar-refractivity contribution in [3.05, 3.63) is 34.2 Å². The van der Waals surface area contributed by atoms with E-state index >= 15 is 0 Å². The van der Waals surface area contributed by atoms with Crippen LogP contribution in [0.15, 0.2) is 23.3 Å². The Morgan fingerprint density at radius 1 is 1.33 bits per heavy atom. The minimum Gasteiger partial charge on any atom is -0.543 e. The van der Waals surface area contributed by atoms with Gasteiger partial charge >= 0.3 is 5.97 Å². The normalized spacial score (nSPS) is 11.5. The number of ether oxygens (including phenoxy) is 1. The molecule has 0 saturated carbocycles. The lowest BCUT2D eigenvalue weighted by Gasteiger charge is -2.36. The number of esters is 1. The van der Waals surface area contributed by atoms with Gasteiger partial charge in [-0.1, -0.05) is 25.9 Å². The first-order valence-corrected chi connectivity index (χ1v) is 9.49. The number of hydrogen-bond donors (Lipinski definition) is 0. The van der Waals surface area contributed by atoms with Crippen LogP contribution in [0, 0.1) is 0 Å². The molecule has 0 aliphatic carbocycles. The highest BCUT2D eigenvalue weighted by atomic mass is 28.4. The summed E-state index contributed by atoms with van der Waals surface area (Å²) in [5.41, 5.74) is 9.31. The first kappa shape index (κ1) is 17.1. The van der Waals surface area contributed by atoms with Crippen molar-refractivity contribution in [3.8, 4) is 5.75 Å². The smallest absolute Gasteiger partial charge is 0.337 e. The summed E-state index contributed by atoms with van der Waals surface area (Å²) in [6.07, 6.45) is 0. The summed E-state index contributed by atoms with van der Waals surface area (Å²) in [4.78, 5) is 14.3. The van der Waals surface area contributed by atoms with Gasteiger partial charge in [-0.25, -0.2) is 4.79 Å². The third-order valence-corrected chi connectivity index (χ3v) is 8.05. The topological polar surface area (TPSA) is 84.3 Å². The molecule has 0 bridgehead atoms. The standard InChI is InChI=1S/C14H21N3O3Si/c1-14(2,3)21(5,6)20-12-8-7-10(13(18)19-4)9-11(12)16-17-15/h7-9H,1-6H3. The number of rotatable bonds is 4. The van der Waals surface area contributed by atoms with Crippen molar-refractivity contribution < 1.29 is 14.0 Å². The summed E-state index contributed by atoms with van der Waals surface area (Å²) >= 11 is 0. The van der Waals surface area contributed by atoms with E-state index in [4.69, 9.17) is 9.96 Å². The van der Waals surface area contributed by atoms with Crippen LogP contribution in [0.4, 0.5) is 5.69 Å². The highest BCUT2D eigenvalue weighted by Gasteiger charge is 2.39. The quantitative estimate of drug-likeness (QED) is 0.263. The van der Waals surface area contributed by atoms with Crippen molar-refractivity contribution in [2.45, 2.75) is 38.9 Å². The van der Waals surface area contributed by atoms with Crippen LogP contribution in [0.2, 0.25) is 18.1 Å². The maximum Gasteiger partial charge on any atom is 0.337 e. The van der Waals surface area contributed by atoms with Gasteiger partial charge in [-0.15, -0.1) is 0 Å². The molecule has 114 valence electrons. The lowest BCUT2D eigenvalue weighted by atomic mass is 10.2. The molecule has 0 unspecified atom stereocenters. The van der Waals surface area contributed by atoms with Gasteiger partial charge in [0.25, 0.3) is 0 Å². The SMILES string of the molecule is COC(=O)c1ccc(O[Si](C)(C)C(C)(C)C)c(N=[N+]=[N-])c1. The summed E-state index contributed by atoms with van der Waals surface area (Å²) in [5, 5.41) is 3.64. The molecule has 0 radical (unpaired) electrons. The molecular weight excluding hydrogens is 286 g/mol. The molecule has 0 aliphatic rings. The third-order valence-electron chi connectivity index (χ3n) is 3.70. The van der Waals surface area contributed by atoms with Crippen LogP contribution >= 0.6 is 0 Å². The fraction of sp³-hybridized carbons (Fsp3) is 0.500. The van der Waals surface area contributed by atoms with Crippen molar-refractivity contribution in [1.82, 2.24) is 0 Å². The molecule has 0 aromatic heterocycles. The van der Waals surface area contributed by atoms with Crippen LogP contribution in [0.1, 0.15) is 31.1 Å². The average Bonchev–Trinajstić information content (AvgIpc) is 2.38. The number of nitrogens with zero attached hydrogens (tertiary/aromatic N) is 3. The molecule has 6 nitrogen and oxygen atoms in total. The Kier molecular flexibility index (Phi) is 5.04. The van der Waals surface area contributed by atoms with E-state index in [9.17, 15) is 4.79 Å². The van der Waals surface area contributed by atoms with E-state index in [0.717, 1.165) is 0 Å². The van der Waals surface area contributed by atoms with E-state index in [1.165, 1.54) is 13.2 Å². The highest BCUT2D eigenvalue weighted by Crippen LogP contribution is 2.40. The van der Waals surface area contributed by atoms with Crippen molar-refractivity contribution in [2.24, 2.45) is 5.11 Å². The molecule has 0 aliphatic heterocycles. The van der Waals surface area contributed by atoms with Gasteiger partial charge in [-0.3, -0.25) is 0 Å². The number of methoxy groups -OCH3 is 1. The summed E-state index contributed by atoms with van der Waals surface area (Å²) in [5.74, 6) is 0.00955. The lowest BCUT2D eigenvalue weighted by molar-refractivity contribution is 0.0601. The van der Waals surface area contributed by atoms with Gasteiger partial charge in [0.1, 0.15) is 5.75 Å². The Morgan fingerprint density at radius 2 is 1.95 bits per heavy atom. The number of carbonyl (C=O) groups is 1. The molecule has 0 fully saturated rings. The lowest BCUT2D eigenvalue weighted by Crippen LogP contribution is -2.43. The van der Waals surface area contributed by atoms with E-state index in [0.29, 0.717) is 17.0 Å². The van der Waals surface area contributed by atoms with Crippen LogP contribution in [-0.4, -0.2) is 21.4 Å². The first-order chi connectivity index (χ1) is 9.62. The Balaban J connectivity index is 3.25. The molecule has 1 aromatic rings. The summed E-state index contributed by atoms with van der Waals surface area (Å²) in [6, 6.07) is 4.73. The summed E-state index contributed by atoms with van der Waals surface area (Å²) in [6.45, 7) is 10.6. The van der Waals surface area contributed by atoms with Crippen LogP contribution in [0.25, 0.3) is 10.4 Å². The van der Waals surface area contributed by atoms with Crippen molar-refractivity contribution >= 4 is 20.0 Å². The zero-order valence-corrected chi connectivity index (χ0v) is 14.3. The van der Waals surface area contributed by atoms with Crippen LogP contribution < -0.4 is 4.43 Å². The molecule has 0 heterocycles. The molecule has 7 heteroatoms. The second-order valence-electron chi connectivity index (χ2n) is 6.23. The molecular formula is C14H21N3O3Si. The van der Waals surface area contributed by atoms with Gasteiger partial charge in [0, 0.05) is 4.91 Å². The van der Waals surface area contributed by atoms with Crippen LogP contribution in [0.3, 0.4) is 0 Å². The largest absolute Gasteiger partial charge is 0.543 e. The van der Waals surface area contributed by atoms with Crippen molar-refractivity contribution in [2.75, 3.05) is 7.11 Å². The van der Waals surface area contributed by atoms with Crippen LogP contribution in [0.5, 0.6) is 5.75 Å². The highest BCUT2D eigenvalue weighted by molar-refractivity contribution is 6.74. The molecule has 1 rings (SSSR count). The Hall–Kier alpha value is -1.98. The van der Waals surface area contributed by atoms with E-state index in [-0.39, 0.29) is 5.04 Å². The number of azide groups is 1. The second-order valence-corrected chi connectivity index (χ2v) is 11.0. The zero-order chi connectivity index (χ0) is 16.3. The second kappa shape index (κ2) is 6.20. The van der Waals surface area contributed by atoms with Crippen LogP contribution in [-0.2, 0) is 4.74 Å². The van der Waals surface area contributed by atoms with Gasteiger partial charge in [-0.2, -0.15) is 0 Å². The molecule has 21 heavy (non-hydrogen) atoms. The van der Waals surface area contributed by atoms with Gasteiger partial charge in [0.05, 0.1) is 18.4 Å². The van der Waals surface area contributed by atoms with Gasteiger partial charge in [0.2, 0.25) is 8.32 Å².